The van der Waals surface area contributed by atoms with Gasteiger partial charge in [0.05, 0.1) is 11.4 Å². The van der Waals surface area contributed by atoms with E-state index in [1.807, 2.05) is 6.92 Å². The summed E-state index contributed by atoms with van der Waals surface area (Å²) in [5.74, 6) is 1.28. The molecule has 0 N–H and O–H groups in total. The Morgan fingerprint density at radius 2 is 2.19 bits per heavy atom. The average Bonchev–Trinajstić information content (AvgIpc) is 2.75. The fourth-order valence-electron chi connectivity index (χ4n) is 3.14. The molecule has 0 spiro atoms. The second-order valence-corrected chi connectivity index (χ2v) is 7.24. The molecule has 2 atom stereocenters. The van der Waals surface area contributed by atoms with Gasteiger partial charge in [-0.1, -0.05) is 6.92 Å². The SMILES string of the molecule is CC(=O)[C@H](C)n1c(C)nc2sc3c(c2c1=O)CC[C@H](C)C3. The summed E-state index contributed by atoms with van der Waals surface area (Å²) in [6.07, 6.45) is 3.11. The van der Waals surface area contributed by atoms with Crippen LogP contribution in [-0.4, -0.2) is 15.3 Å². The molecule has 0 saturated carbocycles. The minimum Gasteiger partial charge on any atom is -0.298 e. The number of fused-ring (bicyclic) bond motifs is 3. The van der Waals surface area contributed by atoms with Gasteiger partial charge in [-0.25, -0.2) is 4.98 Å². The van der Waals surface area contributed by atoms with Gasteiger partial charge in [-0.3, -0.25) is 14.2 Å². The van der Waals surface area contributed by atoms with E-state index in [0.717, 1.165) is 29.5 Å². The lowest BCUT2D eigenvalue weighted by molar-refractivity contribution is -0.119. The Morgan fingerprint density at radius 3 is 2.86 bits per heavy atom. The number of hydrogen-bond donors (Lipinski definition) is 0. The molecule has 2 aromatic heterocycles. The number of nitrogens with zero attached hydrogens (tertiary/aromatic N) is 2. The van der Waals surface area contributed by atoms with E-state index in [2.05, 4.69) is 11.9 Å². The second kappa shape index (κ2) is 5.05. The zero-order valence-corrected chi connectivity index (χ0v) is 13.7. The van der Waals surface area contributed by atoms with Crippen molar-refractivity contribution in [2.45, 2.75) is 53.0 Å². The van der Waals surface area contributed by atoms with E-state index in [9.17, 15) is 9.59 Å². The summed E-state index contributed by atoms with van der Waals surface area (Å²) in [6.45, 7) is 7.35. The molecule has 1 aliphatic carbocycles. The lowest BCUT2D eigenvalue weighted by atomic mass is 9.89. The van der Waals surface area contributed by atoms with Gasteiger partial charge in [-0.15, -0.1) is 11.3 Å². The molecule has 0 radical (unpaired) electrons. The maximum atomic E-state index is 12.9. The van der Waals surface area contributed by atoms with Crippen molar-refractivity contribution in [3.05, 3.63) is 26.6 Å². The van der Waals surface area contributed by atoms with Crippen molar-refractivity contribution in [1.82, 2.24) is 9.55 Å². The third kappa shape index (κ3) is 2.24. The van der Waals surface area contributed by atoms with E-state index >= 15 is 0 Å². The highest BCUT2D eigenvalue weighted by molar-refractivity contribution is 7.18. The number of aryl methyl sites for hydroxylation is 2. The maximum Gasteiger partial charge on any atom is 0.263 e. The quantitative estimate of drug-likeness (QED) is 0.857. The summed E-state index contributed by atoms with van der Waals surface area (Å²) in [6, 6.07) is -0.451. The molecule has 1 aliphatic rings. The van der Waals surface area contributed by atoms with Gasteiger partial charge in [-0.05, 0) is 51.5 Å². The van der Waals surface area contributed by atoms with E-state index in [0.29, 0.717) is 11.7 Å². The summed E-state index contributed by atoms with van der Waals surface area (Å²) < 4.78 is 1.55. The Balaban J connectivity index is 2.29. The van der Waals surface area contributed by atoms with Gasteiger partial charge in [-0.2, -0.15) is 0 Å². The smallest absolute Gasteiger partial charge is 0.263 e. The molecule has 5 heteroatoms. The van der Waals surface area contributed by atoms with Gasteiger partial charge >= 0.3 is 0 Å². The zero-order valence-electron chi connectivity index (χ0n) is 12.9. The monoisotopic (exact) mass is 304 g/mol. The molecule has 0 aromatic carbocycles. The average molecular weight is 304 g/mol. The van der Waals surface area contributed by atoms with Crippen molar-refractivity contribution in [2.24, 2.45) is 5.92 Å². The van der Waals surface area contributed by atoms with E-state index < -0.39 is 6.04 Å². The standard InChI is InChI=1S/C16H20N2O2S/c1-8-5-6-12-13(7-8)21-15-14(12)16(20)18(11(4)17-15)9(2)10(3)19/h8-9H,5-7H2,1-4H3/t8-,9-/m0/s1. The Bertz CT molecular complexity index is 788. The molecule has 2 heterocycles. The zero-order chi connectivity index (χ0) is 15.3. The van der Waals surface area contributed by atoms with Crippen molar-refractivity contribution in [3.8, 4) is 0 Å². The number of Topliss-reactive ketones (excluding diaryl/α,β-unsaturated/α-hetero) is 1. The van der Waals surface area contributed by atoms with Crippen LogP contribution in [-0.2, 0) is 17.6 Å². The number of carbonyl (C=O) groups excluding carboxylic acids is 1. The van der Waals surface area contributed by atoms with Crippen molar-refractivity contribution in [1.29, 1.82) is 0 Å². The van der Waals surface area contributed by atoms with E-state index in [-0.39, 0.29) is 11.3 Å². The number of ketones is 1. The second-order valence-electron chi connectivity index (χ2n) is 6.15. The summed E-state index contributed by atoms with van der Waals surface area (Å²) in [5, 5.41) is 0.751. The Hall–Kier alpha value is -1.49. The van der Waals surface area contributed by atoms with Crippen LogP contribution in [0.25, 0.3) is 10.2 Å². The first-order valence-corrected chi connectivity index (χ1v) is 8.25. The molecule has 2 aromatic rings. The first kappa shape index (κ1) is 14.4. The summed E-state index contributed by atoms with van der Waals surface area (Å²) in [5.41, 5.74) is 1.13. The van der Waals surface area contributed by atoms with E-state index in [4.69, 9.17) is 0 Å². The topological polar surface area (TPSA) is 52.0 Å². The highest BCUT2D eigenvalue weighted by atomic mass is 32.1. The minimum absolute atomic E-state index is 0.0148. The van der Waals surface area contributed by atoms with Crippen molar-refractivity contribution >= 4 is 27.3 Å². The summed E-state index contributed by atoms with van der Waals surface area (Å²) >= 11 is 1.65. The van der Waals surface area contributed by atoms with Gasteiger partial charge < -0.3 is 0 Å². The number of aromatic nitrogens is 2. The Morgan fingerprint density at radius 1 is 1.48 bits per heavy atom. The Labute approximate surface area is 127 Å². The number of carbonyl (C=O) groups is 1. The molecular formula is C16H20N2O2S. The molecule has 4 nitrogen and oxygen atoms in total. The predicted octanol–water partition coefficient (Wildman–Crippen LogP) is 3.04. The van der Waals surface area contributed by atoms with Gasteiger partial charge in [0.25, 0.3) is 5.56 Å². The normalized spacial score (nSPS) is 19.5. The molecule has 0 aliphatic heterocycles. The van der Waals surface area contributed by atoms with Gasteiger partial charge in [0, 0.05) is 4.88 Å². The van der Waals surface area contributed by atoms with E-state index in [1.165, 1.54) is 17.4 Å². The van der Waals surface area contributed by atoms with Crippen LogP contribution in [0.1, 0.15) is 49.5 Å². The predicted molar refractivity (Wildman–Crippen MR) is 85.2 cm³/mol. The molecule has 0 fully saturated rings. The molecule has 112 valence electrons. The van der Waals surface area contributed by atoms with Crippen molar-refractivity contribution in [2.75, 3.05) is 0 Å². The molecule has 21 heavy (non-hydrogen) atoms. The highest BCUT2D eigenvalue weighted by Gasteiger charge is 2.25. The summed E-state index contributed by atoms with van der Waals surface area (Å²) in [4.78, 5) is 31.3. The van der Waals surface area contributed by atoms with Crippen LogP contribution in [0.3, 0.4) is 0 Å². The minimum atomic E-state index is -0.451. The number of rotatable bonds is 2. The molecular weight excluding hydrogens is 284 g/mol. The fourth-order valence-corrected chi connectivity index (χ4v) is 4.56. The third-order valence-electron chi connectivity index (χ3n) is 4.51. The molecule has 0 saturated heterocycles. The van der Waals surface area contributed by atoms with Gasteiger partial charge in [0.15, 0.2) is 5.78 Å². The van der Waals surface area contributed by atoms with Crippen LogP contribution in [0.2, 0.25) is 0 Å². The van der Waals surface area contributed by atoms with Gasteiger partial charge in [0.1, 0.15) is 10.7 Å². The van der Waals surface area contributed by atoms with Crippen LogP contribution in [0, 0.1) is 12.8 Å². The highest BCUT2D eigenvalue weighted by Crippen LogP contribution is 2.36. The Kier molecular flexibility index (Phi) is 3.48. The largest absolute Gasteiger partial charge is 0.298 e. The van der Waals surface area contributed by atoms with E-state index in [1.54, 1.807) is 22.8 Å². The van der Waals surface area contributed by atoms with Crippen LogP contribution < -0.4 is 5.56 Å². The van der Waals surface area contributed by atoms with Crippen LogP contribution in [0.15, 0.2) is 4.79 Å². The first-order valence-electron chi connectivity index (χ1n) is 7.44. The maximum absolute atomic E-state index is 12.9. The third-order valence-corrected chi connectivity index (χ3v) is 5.66. The fraction of sp³-hybridized carbons (Fsp3) is 0.562. The number of hydrogen-bond acceptors (Lipinski definition) is 4. The molecule has 0 unspecified atom stereocenters. The first-order chi connectivity index (χ1) is 9.90. The summed E-state index contributed by atoms with van der Waals surface area (Å²) in [7, 11) is 0. The van der Waals surface area contributed by atoms with Crippen molar-refractivity contribution < 1.29 is 4.79 Å². The number of thiophene rings is 1. The molecule has 3 rings (SSSR count). The van der Waals surface area contributed by atoms with Gasteiger partial charge in [0.2, 0.25) is 0 Å². The molecule has 0 bridgehead atoms. The lowest BCUT2D eigenvalue weighted by Crippen LogP contribution is -2.30. The molecule has 0 amide bonds. The lowest BCUT2D eigenvalue weighted by Gasteiger charge is -2.18. The van der Waals surface area contributed by atoms with Crippen LogP contribution in [0.4, 0.5) is 0 Å². The van der Waals surface area contributed by atoms with Crippen LogP contribution >= 0.6 is 11.3 Å². The van der Waals surface area contributed by atoms with Crippen molar-refractivity contribution in [3.63, 3.8) is 0 Å². The van der Waals surface area contributed by atoms with Crippen LogP contribution in [0.5, 0.6) is 0 Å².